The van der Waals surface area contributed by atoms with Gasteiger partial charge >= 0.3 is 0 Å². The summed E-state index contributed by atoms with van der Waals surface area (Å²) in [7, 11) is -4.04. The molecule has 9 heteroatoms. The van der Waals surface area contributed by atoms with E-state index in [1.54, 1.807) is 18.2 Å². The maximum absolute atomic E-state index is 13.3. The molecule has 3 rings (SSSR count). The predicted octanol–water partition coefficient (Wildman–Crippen LogP) is 4.69. The lowest BCUT2D eigenvalue weighted by Crippen LogP contribution is -2.41. The maximum atomic E-state index is 13.3. The van der Waals surface area contributed by atoms with Crippen LogP contribution in [0.3, 0.4) is 0 Å². The first-order valence-corrected chi connectivity index (χ1v) is 12.0. The number of sulfonamides is 1. The quantitative estimate of drug-likeness (QED) is 0.439. The Kier molecular flexibility index (Phi) is 8.01. The molecule has 0 radical (unpaired) electrons. The Morgan fingerprint density at radius 2 is 1.69 bits per heavy atom. The Morgan fingerprint density at radius 3 is 2.38 bits per heavy atom. The molecule has 1 N–H and O–H groups in total. The van der Waals surface area contributed by atoms with Gasteiger partial charge in [-0.25, -0.2) is 8.42 Å². The van der Waals surface area contributed by atoms with Crippen LogP contribution in [0.4, 0.5) is 5.69 Å². The van der Waals surface area contributed by atoms with Gasteiger partial charge < -0.3 is 10.1 Å². The first kappa shape index (κ1) is 23.9. The minimum atomic E-state index is -4.04. The third kappa shape index (κ3) is 6.16. The van der Waals surface area contributed by atoms with Crippen molar-refractivity contribution in [1.82, 2.24) is 5.32 Å². The van der Waals surface area contributed by atoms with Crippen molar-refractivity contribution < 1.29 is 17.9 Å². The molecule has 0 atom stereocenters. The van der Waals surface area contributed by atoms with E-state index in [2.05, 4.69) is 5.32 Å². The summed E-state index contributed by atoms with van der Waals surface area (Å²) in [6.07, 6.45) is 0. The molecule has 3 aromatic carbocycles. The molecule has 0 unspecified atom stereocenters. The van der Waals surface area contributed by atoms with Gasteiger partial charge in [-0.1, -0.05) is 47.5 Å². The summed E-state index contributed by atoms with van der Waals surface area (Å²) in [5, 5.41) is 3.46. The average molecular weight is 493 g/mol. The van der Waals surface area contributed by atoms with E-state index in [0.29, 0.717) is 10.0 Å². The maximum Gasteiger partial charge on any atom is 0.264 e. The number of nitrogens with zero attached hydrogens (tertiary/aromatic N) is 1. The Morgan fingerprint density at radius 1 is 0.969 bits per heavy atom. The molecule has 32 heavy (non-hydrogen) atoms. The number of halogens is 2. The number of amides is 1. The standard InChI is InChI=1S/C23H22Cl2N2O4S/c1-17-5-2-3-8-22(17)31-14-13-26-23(28)16-27(20-7-4-6-19(25)15-20)32(29,30)21-11-9-18(24)10-12-21/h2-12,15H,13-14,16H2,1H3,(H,26,28). The largest absolute Gasteiger partial charge is 0.491 e. The average Bonchev–Trinajstić information content (AvgIpc) is 2.76. The molecule has 3 aromatic rings. The molecule has 0 fully saturated rings. The van der Waals surface area contributed by atoms with Crippen LogP contribution in [0.25, 0.3) is 0 Å². The number of para-hydroxylation sites is 1. The highest BCUT2D eigenvalue weighted by molar-refractivity contribution is 7.92. The number of hydrogen-bond acceptors (Lipinski definition) is 4. The summed E-state index contributed by atoms with van der Waals surface area (Å²) in [5.41, 5.74) is 1.26. The molecule has 0 aliphatic heterocycles. The van der Waals surface area contributed by atoms with Gasteiger partial charge in [0.1, 0.15) is 18.9 Å². The summed E-state index contributed by atoms with van der Waals surface area (Å²) in [6.45, 7) is 1.98. The highest BCUT2D eigenvalue weighted by Crippen LogP contribution is 2.26. The number of carbonyl (C=O) groups excluding carboxylic acids is 1. The zero-order valence-electron chi connectivity index (χ0n) is 17.3. The van der Waals surface area contributed by atoms with Crippen LogP contribution in [0.15, 0.2) is 77.7 Å². The fraction of sp³-hybridized carbons (Fsp3) is 0.174. The molecule has 168 valence electrons. The molecule has 6 nitrogen and oxygen atoms in total. The van der Waals surface area contributed by atoms with Crippen LogP contribution >= 0.6 is 23.2 Å². The molecule has 0 aromatic heterocycles. The topological polar surface area (TPSA) is 75.7 Å². The smallest absolute Gasteiger partial charge is 0.264 e. The van der Waals surface area contributed by atoms with E-state index in [0.717, 1.165) is 15.6 Å². The molecule has 0 saturated carbocycles. The van der Waals surface area contributed by atoms with Crippen molar-refractivity contribution in [2.45, 2.75) is 11.8 Å². The van der Waals surface area contributed by atoms with Crippen molar-refractivity contribution in [3.05, 3.63) is 88.4 Å². The van der Waals surface area contributed by atoms with Crippen molar-refractivity contribution in [3.63, 3.8) is 0 Å². The second kappa shape index (κ2) is 10.7. The van der Waals surface area contributed by atoms with Crippen LogP contribution in [-0.2, 0) is 14.8 Å². The number of anilines is 1. The van der Waals surface area contributed by atoms with E-state index in [1.165, 1.54) is 30.3 Å². The third-order valence-electron chi connectivity index (χ3n) is 4.56. The van der Waals surface area contributed by atoms with E-state index in [-0.39, 0.29) is 23.7 Å². The fourth-order valence-electron chi connectivity index (χ4n) is 2.94. The van der Waals surface area contributed by atoms with E-state index >= 15 is 0 Å². The van der Waals surface area contributed by atoms with Crippen molar-refractivity contribution in [2.24, 2.45) is 0 Å². The first-order valence-electron chi connectivity index (χ1n) is 9.76. The van der Waals surface area contributed by atoms with E-state index in [9.17, 15) is 13.2 Å². The number of aryl methyl sites for hydroxylation is 1. The highest BCUT2D eigenvalue weighted by Gasteiger charge is 2.27. The van der Waals surface area contributed by atoms with Crippen LogP contribution in [-0.4, -0.2) is 34.0 Å². The highest BCUT2D eigenvalue weighted by atomic mass is 35.5. The normalized spacial score (nSPS) is 11.1. The van der Waals surface area contributed by atoms with E-state index < -0.39 is 22.5 Å². The SMILES string of the molecule is Cc1ccccc1OCCNC(=O)CN(c1cccc(Cl)c1)S(=O)(=O)c1ccc(Cl)cc1. The van der Waals surface area contributed by atoms with E-state index in [4.69, 9.17) is 27.9 Å². The predicted molar refractivity (Wildman–Crippen MR) is 127 cm³/mol. The fourth-order valence-corrected chi connectivity index (χ4v) is 4.66. The van der Waals surface area contributed by atoms with Gasteiger partial charge in [0.15, 0.2) is 0 Å². The van der Waals surface area contributed by atoms with Crippen LogP contribution in [0.1, 0.15) is 5.56 Å². The molecule has 0 aliphatic carbocycles. The van der Waals surface area contributed by atoms with Gasteiger partial charge in [0.05, 0.1) is 17.1 Å². The number of ether oxygens (including phenoxy) is 1. The van der Waals surface area contributed by atoms with Gasteiger partial charge in [0.2, 0.25) is 5.91 Å². The summed E-state index contributed by atoms with van der Waals surface area (Å²) < 4.78 is 33.2. The number of hydrogen-bond donors (Lipinski definition) is 1. The van der Waals surface area contributed by atoms with Crippen LogP contribution in [0.2, 0.25) is 10.0 Å². The van der Waals surface area contributed by atoms with Crippen molar-refractivity contribution in [1.29, 1.82) is 0 Å². The second-order valence-electron chi connectivity index (χ2n) is 6.91. The van der Waals surface area contributed by atoms with Crippen molar-refractivity contribution >= 4 is 44.8 Å². The van der Waals surface area contributed by atoms with Gasteiger partial charge in [-0.3, -0.25) is 9.10 Å². The lowest BCUT2D eigenvalue weighted by Gasteiger charge is -2.24. The molecule has 0 heterocycles. The van der Waals surface area contributed by atoms with Crippen LogP contribution < -0.4 is 14.4 Å². The van der Waals surface area contributed by atoms with Gasteiger partial charge in [-0.15, -0.1) is 0 Å². The van der Waals surface area contributed by atoms with Gasteiger partial charge in [-0.05, 0) is 61.0 Å². The number of rotatable bonds is 9. The Labute approximate surface area is 197 Å². The molecule has 1 amide bonds. The van der Waals surface area contributed by atoms with Gasteiger partial charge in [0, 0.05) is 10.0 Å². The molecule has 0 aliphatic rings. The Hall–Kier alpha value is -2.74. The molecule has 0 spiro atoms. The zero-order chi connectivity index (χ0) is 23.1. The first-order chi connectivity index (χ1) is 15.3. The number of benzene rings is 3. The second-order valence-corrected chi connectivity index (χ2v) is 9.64. The van der Waals surface area contributed by atoms with Crippen LogP contribution in [0.5, 0.6) is 5.75 Å². The van der Waals surface area contributed by atoms with Gasteiger partial charge in [0.25, 0.3) is 10.0 Å². The monoisotopic (exact) mass is 492 g/mol. The summed E-state index contributed by atoms with van der Waals surface area (Å²) >= 11 is 11.9. The lowest BCUT2D eigenvalue weighted by atomic mass is 10.2. The number of carbonyl (C=O) groups is 1. The Bertz CT molecular complexity index is 1180. The summed E-state index contributed by atoms with van der Waals surface area (Å²) in [4.78, 5) is 12.6. The minimum Gasteiger partial charge on any atom is -0.491 e. The zero-order valence-corrected chi connectivity index (χ0v) is 19.6. The third-order valence-corrected chi connectivity index (χ3v) is 6.84. The van der Waals surface area contributed by atoms with Crippen molar-refractivity contribution in [2.75, 3.05) is 24.0 Å². The van der Waals surface area contributed by atoms with Crippen molar-refractivity contribution in [3.8, 4) is 5.75 Å². The summed E-state index contributed by atoms with van der Waals surface area (Å²) in [5.74, 6) is 0.253. The molecular formula is C23H22Cl2N2O4S. The molecule has 0 saturated heterocycles. The molecular weight excluding hydrogens is 471 g/mol. The minimum absolute atomic E-state index is 0.0116. The Balaban J connectivity index is 1.72. The molecule has 0 bridgehead atoms. The lowest BCUT2D eigenvalue weighted by molar-refractivity contribution is -0.119. The van der Waals surface area contributed by atoms with Gasteiger partial charge in [-0.2, -0.15) is 0 Å². The van der Waals surface area contributed by atoms with Crippen LogP contribution in [0, 0.1) is 6.92 Å². The van der Waals surface area contributed by atoms with E-state index in [1.807, 2.05) is 31.2 Å². The summed E-state index contributed by atoms with van der Waals surface area (Å²) in [6, 6.07) is 19.6. The number of nitrogens with one attached hydrogen (secondary N) is 1.